The van der Waals surface area contributed by atoms with Gasteiger partial charge in [0.25, 0.3) is 0 Å². The van der Waals surface area contributed by atoms with Crippen LogP contribution in [0.25, 0.3) is 0 Å². The van der Waals surface area contributed by atoms with E-state index in [1.807, 2.05) is 25.1 Å². The summed E-state index contributed by atoms with van der Waals surface area (Å²) in [5, 5.41) is 2.12. The number of hydrazine groups is 2. The van der Waals surface area contributed by atoms with Crippen molar-refractivity contribution in [3.8, 4) is 0 Å². The van der Waals surface area contributed by atoms with E-state index in [2.05, 4.69) is 5.53 Å². The van der Waals surface area contributed by atoms with Crippen LogP contribution in [0.4, 0.5) is 18.9 Å². The Hall–Kier alpha value is -1.34. The number of nitrogens with zero attached hydrogens (tertiary/aromatic N) is 2. The van der Waals surface area contributed by atoms with Crippen molar-refractivity contribution in [1.82, 2.24) is 10.5 Å². The first kappa shape index (κ1) is 10.8. The smallest absolute Gasteiger partial charge is 0.249 e. The number of fused-ring (bicyclic) bond motifs is 3. The molecule has 2 aliphatic rings. The van der Waals surface area contributed by atoms with Crippen LogP contribution in [0.1, 0.15) is 5.56 Å². The van der Waals surface area contributed by atoms with Crippen LogP contribution >= 0.6 is 11.8 Å². The lowest BCUT2D eigenvalue weighted by Gasteiger charge is -2.23. The van der Waals surface area contributed by atoms with Gasteiger partial charge in [-0.1, -0.05) is 17.8 Å². The lowest BCUT2D eigenvalue weighted by molar-refractivity contribution is -0.241. The molecule has 2 heterocycles. The fourth-order valence-corrected chi connectivity index (χ4v) is 2.85. The third-order valence-corrected chi connectivity index (χ3v) is 3.56. The van der Waals surface area contributed by atoms with Gasteiger partial charge in [-0.25, -0.2) is 10.0 Å². The molecule has 1 aromatic carbocycles. The number of hydrogen-bond acceptors (Lipinski definition) is 4. The Labute approximate surface area is 99.8 Å². The molecule has 3 nitrogen and oxygen atoms in total. The average molecular weight is 259 g/mol. The highest BCUT2D eigenvalue weighted by atomic mass is 32.2. The van der Waals surface area contributed by atoms with Crippen molar-refractivity contribution in [2.24, 2.45) is 0 Å². The first-order valence-electron chi connectivity index (χ1n) is 4.88. The normalized spacial score (nSPS) is 18.2. The number of alkyl halides is 3. The molecule has 0 aliphatic carbocycles. The van der Waals surface area contributed by atoms with Crippen molar-refractivity contribution in [3.05, 3.63) is 35.0 Å². The lowest BCUT2D eigenvalue weighted by atomic mass is 10.2. The summed E-state index contributed by atoms with van der Waals surface area (Å²) in [6.45, 7) is 1.95. The molecule has 0 spiro atoms. The molecule has 0 radical (unpaired) electrons. The summed E-state index contributed by atoms with van der Waals surface area (Å²) < 4.78 is 37.5. The number of halogens is 3. The van der Waals surface area contributed by atoms with E-state index >= 15 is 0 Å². The highest BCUT2D eigenvalue weighted by Crippen LogP contribution is 2.48. The van der Waals surface area contributed by atoms with Gasteiger partial charge in [0.15, 0.2) is 0 Å². The fraction of sp³-hybridized carbons (Fsp3) is 0.200. The van der Waals surface area contributed by atoms with E-state index in [0.29, 0.717) is 5.03 Å². The van der Waals surface area contributed by atoms with E-state index < -0.39 is 6.30 Å². The number of aryl methyl sites for hydroxylation is 1. The minimum Gasteiger partial charge on any atom is -0.249 e. The summed E-state index contributed by atoms with van der Waals surface area (Å²) in [7, 11) is 0. The van der Waals surface area contributed by atoms with Crippen LogP contribution in [-0.2, 0) is 0 Å². The van der Waals surface area contributed by atoms with Crippen LogP contribution in [0.3, 0.4) is 0 Å². The summed E-state index contributed by atoms with van der Waals surface area (Å²) in [5.41, 5.74) is 4.13. The predicted octanol–water partition coefficient (Wildman–Crippen LogP) is 2.96. The number of nitrogens with one attached hydrogen (secondary N) is 1. The van der Waals surface area contributed by atoms with Crippen molar-refractivity contribution in [2.45, 2.75) is 18.1 Å². The standard InChI is InChI=1S/C10H8F3N3S/c1-6-2-3-7-8(4-6)17-9-5-15(10(11,12)13)14-16(7)9/h2-5,14H,1H3. The Morgan fingerprint density at radius 3 is 2.76 bits per heavy atom. The van der Waals surface area contributed by atoms with Crippen LogP contribution in [0.15, 0.2) is 34.3 Å². The molecule has 7 heteroatoms. The maximum Gasteiger partial charge on any atom is 0.500 e. The van der Waals surface area contributed by atoms with Gasteiger partial charge in [-0.3, -0.25) is 0 Å². The fourth-order valence-electron chi connectivity index (χ4n) is 1.73. The Bertz CT molecular complexity index is 512. The minimum absolute atomic E-state index is 0.151. The Morgan fingerprint density at radius 2 is 2.06 bits per heavy atom. The second-order valence-electron chi connectivity index (χ2n) is 3.81. The van der Waals surface area contributed by atoms with Crippen molar-refractivity contribution >= 4 is 17.4 Å². The second-order valence-corrected chi connectivity index (χ2v) is 4.88. The zero-order chi connectivity index (χ0) is 12.2. The molecule has 0 unspecified atom stereocenters. The summed E-state index contributed by atoms with van der Waals surface area (Å²) in [6, 6.07) is 5.64. The van der Waals surface area contributed by atoms with Crippen LogP contribution in [0.2, 0.25) is 0 Å². The van der Waals surface area contributed by atoms with Crippen LogP contribution in [0, 0.1) is 6.92 Å². The first-order chi connectivity index (χ1) is 7.95. The summed E-state index contributed by atoms with van der Waals surface area (Å²) in [6.07, 6.45) is -3.36. The van der Waals surface area contributed by atoms with E-state index in [1.54, 1.807) is 0 Å². The van der Waals surface area contributed by atoms with E-state index in [-0.39, 0.29) is 5.01 Å². The number of anilines is 1. The van der Waals surface area contributed by atoms with Gasteiger partial charge >= 0.3 is 6.30 Å². The first-order valence-corrected chi connectivity index (χ1v) is 5.69. The third-order valence-electron chi connectivity index (χ3n) is 2.51. The molecule has 0 amide bonds. The number of benzene rings is 1. The summed E-state index contributed by atoms with van der Waals surface area (Å²) in [5.74, 6) is 0. The van der Waals surface area contributed by atoms with E-state index in [0.717, 1.165) is 22.3 Å². The molecule has 1 aromatic rings. The molecule has 0 saturated heterocycles. The number of thioether (sulfide) groups is 1. The molecule has 0 aromatic heterocycles. The van der Waals surface area contributed by atoms with E-state index in [4.69, 9.17) is 0 Å². The minimum atomic E-state index is -4.41. The Balaban J connectivity index is 1.94. The SMILES string of the molecule is Cc1ccc2c(c1)SC1=CN(C(F)(F)F)NN12. The van der Waals surface area contributed by atoms with Gasteiger partial charge in [0.1, 0.15) is 5.03 Å². The molecular formula is C10H8F3N3S. The summed E-state index contributed by atoms with van der Waals surface area (Å²) >= 11 is 1.32. The number of hydrogen-bond donors (Lipinski definition) is 1. The van der Waals surface area contributed by atoms with Gasteiger partial charge in [-0.05, 0) is 24.6 Å². The highest BCUT2D eigenvalue weighted by Gasteiger charge is 2.43. The summed E-state index contributed by atoms with van der Waals surface area (Å²) in [4.78, 5) is 0.963. The molecular weight excluding hydrogens is 251 g/mol. The van der Waals surface area contributed by atoms with Gasteiger partial charge in [-0.2, -0.15) is 0 Å². The maximum atomic E-state index is 12.5. The quantitative estimate of drug-likeness (QED) is 0.722. The molecule has 1 N–H and O–H groups in total. The van der Waals surface area contributed by atoms with Gasteiger partial charge in [-0.15, -0.1) is 18.7 Å². The van der Waals surface area contributed by atoms with Crippen molar-refractivity contribution in [2.75, 3.05) is 5.01 Å². The number of rotatable bonds is 0. The molecule has 3 rings (SSSR count). The maximum absolute atomic E-state index is 12.5. The van der Waals surface area contributed by atoms with Crippen molar-refractivity contribution in [1.29, 1.82) is 0 Å². The topological polar surface area (TPSA) is 18.5 Å². The average Bonchev–Trinajstić information content (AvgIpc) is 2.72. The van der Waals surface area contributed by atoms with Crippen LogP contribution in [0.5, 0.6) is 0 Å². The van der Waals surface area contributed by atoms with Gasteiger partial charge in [0, 0.05) is 4.90 Å². The third kappa shape index (κ3) is 1.66. The van der Waals surface area contributed by atoms with Crippen molar-refractivity contribution < 1.29 is 13.2 Å². The molecule has 0 fully saturated rings. The van der Waals surface area contributed by atoms with Crippen LogP contribution in [-0.4, -0.2) is 11.3 Å². The zero-order valence-corrected chi connectivity index (χ0v) is 9.56. The molecule has 0 atom stereocenters. The highest BCUT2D eigenvalue weighted by molar-refractivity contribution is 8.03. The largest absolute Gasteiger partial charge is 0.500 e. The van der Waals surface area contributed by atoms with E-state index in [1.165, 1.54) is 16.8 Å². The van der Waals surface area contributed by atoms with Crippen LogP contribution < -0.4 is 10.5 Å². The van der Waals surface area contributed by atoms with Crippen molar-refractivity contribution in [3.63, 3.8) is 0 Å². The van der Waals surface area contributed by atoms with Gasteiger partial charge in [0.2, 0.25) is 0 Å². The zero-order valence-electron chi connectivity index (χ0n) is 8.75. The molecule has 17 heavy (non-hydrogen) atoms. The lowest BCUT2D eigenvalue weighted by Crippen LogP contribution is -2.46. The molecule has 0 bridgehead atoms. The second kappa shape index (κ2) is 3.33. The van der Waals surface area contributed by atoms with Gasteiger partial charge < -0.3 is 0 Å². The molecule has 2 aliphatic heterocycles. The predicted molar refractivity (Wildman–Crippen MR) is 58.6 cm³/mol. The van der Waals surface area contributed by atoms with E-state index in [9.17, 15) is 13.2 Å². The Morgan fingerprint density at radius 1 is 1.29 bits per heavy atom. The molecule has 0 saturated carbocycles. The Kier molecular flexibility index (Phi) is 2.11. The monoisotopic (exact) mass is 259 g/mol. The molecule has 90 valence electrons. The van der Waals surface area contributed by atoms with Gasteiger partial charge in [0.05, 0.1) is 11.9 Å².